The predicted octanol–water partition coefficient (Wildman–Crippen LogP) is 20.2. The Balaban J connectivity index is 0.986. The molecule has 5 aliphatic carbocycles. The van der Waals surface area contributed by atoms with Gasteiger partial charge in [-0.25, -0.2) is 0 Å². The van der Waals surface area contributed by atoms with Crippen molar-refractivity contribution in [2.24, 2.45) is 0 Å². The quantitative estimate of drug-likeness (QED) is 0.141. The molecule has 2 aliphatic heterocycles. The second-order valence-electron chi connectivity index (χ2n) is 25.5. The molecule has 0 saturated carbocycles. The van der Waals surface area contributed by atoms with Gasteiger partial charge in [0.2, 0.25) is 0 Å². The molecule has 0 saturated heterocycles. The Kier molecular flexibility index (Phi) is 12.0. The molecule has 4 heterocycles. The van der Waals surface area contributed by atoms with Crippen molar-refractivity contribution in [2.45, 2.75) is 44.9 Å². The van der Waals surface area contributed by atoms with Crippen LogP contribution >= 0.6 is 0 Å². The van der Waals surface area contributed by atoms with Gasteiger partial charge in [-0.3, -0.25) is 0 Å². The van der Waals surface area contributed by atoms with Crippen LogP contribution in [0.1, 0.15) is 60.3 Å². The van der Waals surface area contributed by atoms with Crippen LogP contribution in [0.2, 0.25) is 0 Å². The standard InChI is InChI=1S/C87H64BN5/c1-3-30-64-57(2)87(69-45-27-25-41-65(64)69)70-46-28-26-42-66(70)81-71(87)51-52-72-85(81)92(61-37-17-7-18-38-61)79-55-63(89(58-31-11-4-12-32-58)76-49-29-50-77-82(76)67-43-21-9-23-47-74(67)90(77)59-33-13-5-14-34-59)56-80-84(79)88(72)73-53-54-78-83(86(73)93(80)62-39-19-8-20-40-62)68-44-22-10-24-48-75(68)91(78)60-35-15-6-16-36-60/h3-24,26,28-42,44-47,49-56H,25,27,43,48H2,1-2H3/b30-3-. The maximum absolute atomic E-state index is 2.69. The summed E-state index contributed by atoms with van der Waals surface area (Å²) in [5, 5.41) is 2.47. The Morgan fingerprint density at radius 3 is 1.83 bits per heavy atom. The maximum atomic E-state index is 2.69. The number of fused-ring (bicyclic) bond motifs is 19. The molecule has 0 radical (unpaired) electrons. The largest absolute Gasteiger partial charge is 0.313 e. The van der Waals surface area contributed by atoms with E-state index in [1.165, 1.54) is 117 Å². The number of allylic oxidation sites excluding steroid dienone is 14. The van der Waals surface area contributed by atoms with E-state index in [0.29, 0.717) is 0 Å². The normalized spacial score (nSPS) is 16.8. The van der Waals surface area contributed by atoms with Crippen LogP contribution in [0.5, 0.6) is 0 Å². The number of anilines is 9. The van der Waals surface area contributed by atoms with Gasteiger partial charge in [-0.15, -0.1) is 0 Å². The van der Waals surface area contributed by atoms with Crippen LogP contribution in [0.4, 0.5) is 51.2 Å². The number of benzene rings is 10. The molecule has 6 heteroatoms. The molecule has 10 aromatic carbocycles. The lowest BCUT2D eigenvalue weighted by Gasteiger charge is -2.46. The minimum absolute atomic E-state index is 0.193. The second-order valence-corrected chi connectivity index (χ2v) is 25.5. The third kappa shape index (κ3) is 7.52. The lowest BCUT2D eigenvalue weighted by Crippen LogP contribution is -2.61. The van der Waals surface area contributed by atoms with Gasteiger partial charge in [0.25, 0.3) is 6.71 Å². The first-order valence-electron chi connectivity index (χ1n) is 33.0. The van der Waals surface area contributed by atoms with E-state index >= 15 is 0 Å². The number of rotatable bonds is 8. The van der Waals surface area contributed by atoms with Gasteiger partial charge in [0, 0.05) is 79.5 Å². The van der Waals surface area contributed by atoms with Gasteiger partial charge in [0.05, 0.1) is 39.2 Å². The molecule has 7 aliphatic rings. The smallest absolute Gasteiger partial charge is 0.252 e. The van der Waals surface area contributed by atoms with Gasteiger partial charge in [0.1, 0.15) is 0 Å². The Morgan fingerprint density at radius 2 is 1.11 bits per heavy atom. The molecule has 1 unspecified atom stereocenters. The topological polar surface area (TPSA) is 19.6 Å². The zero-order valence-electron chi connectivity index (χ0n) is 52.0. The van der Waals surface area contributed by atoms with E-state index in [0.717, 1.165) is 76.9 Å². The molecule has 440 valence electrons. The van der Waals surface area contributed by atoms with Gasteiger partial charge < -0.3 is 23.8 Å². The van der Waals surface area contributed by atoms with Crippen LogP contribution in [0.15, 0.2) is 314 Å². The third-order valence-electron chi connectivity index (χ3n) is 20.9. The SMILES string of the molecule is C/C=C\C1=C(C)C2(C3=CCCC=C31)c1ccccc1-c1c2ccc2c1N(c1ccccc1)c1cc(N(c3ccccc3)c3cccc4c3c3c(n4-c4ccccc4)C=CC=CC3)cc3c1B2c1ccc2c(c4c(n2-c2ccccc2)CC=CC=C4)c1N3c1ccccc1. The zero-order valence-corrected chi connectivity index (χ0v) is 52.0. The second kappa shape index (κ2) is 20.9. The Hall–Kier alpha value is -11.3. The van der Waals surface area contributed by atoms with Gasteiger partial charge in [0.15, 0.2) is 0 Å². The van der Waals surface area contributed by atoms with Crippen molar-refractivity contribution < 1.29 is 0 Å². The first-order chi connectivity index (χ1) is 46.1. The van der Waals surface area contributed by atoms with E-state index in [2.05, 4.69) is 341 Å². The fourth-order valence-electron chi connectivity index (χ4n) is 17.5. The summed E-state index contributed by atoms with van der Waals surface area (Å²) in [6.07, 6.45) is 31.5. The number of aromatic nitrogens is 2. The highest BCUT2D eigenvalue weighted by Crippen LogP contribution is 2.66. The molecule has 0 fully saturated rings. The Morgan fingerprint density at radius 1 is 0.505 bits per heavy atom. The molecule has 0 N–H and O–H groups in total. The van der Waals surface area contributed by atoms with E-state index in [1.54, 1.807) is 0 Å². The van der Waals surface area contributed by atoms with Gasteiger partial charge in [-0.1, -0.05) is 206 Å². The van der Waals surface area contributed by atoms with Crippen molar-refractivity contribution in [1.29, 1.82) is 0 Å². The minimum Gasteiger partial charge on any atom is -0.313 e. The molecule has 93 heavy (non-hydrogen) atoms. The number of hydrogen-bond acceptors (Lipinski definition) is 3. The summed E-state index contributed by atoms with van der Waals surface area (Å²) in [6, 6.07) is 87.2. The molecule has 1 spiro atoms. The lowest BCUT2D eigenvalue weighted by molar-refractivity contribution is 0.750. The summed E-state index contributed by atoms with van der Waals surface area (Å²) in [4.78, 5) is 7.91. The van der Waals surface area contributed by atoms with E-state index in [-0.39, 0.29) is 6.71 Å². The molecular formula is C87H64BN5. The summed E-state index contributed by atoms with van der Waals surface area (Å²) in [6.45, 7) is 4.40. The summed E-state index contributed by atoms with van der Waals surface area (Å²) < 4.78 is 5.01. The highest BCUT2D eigenvalue weighted by molar-refractivity contribution is 7.00. The van der Waals surface area contributed by atoms with Crippen LogP contribution in [-0.4, -0.2) is 15.8 Å². The number of hydrogen-bond donors (Lipinski definition) is 0. The molecular weight excluding hydrogens is 1130 g/mol. The molecule has 19 rings (SSSR count). The summed E-state index contributed by atoms with van der Waals surface area (Å²) >= 11 is 0. The van der Waals surface area contributed by atoms with Gasteiger partial charge in [-0.2, -0.15) is 0 Å². The van der Waals surface area contributed by atoms with Crippen molar-refractivity contribution in [3.63, 3.8) is 0 Å². The van der Waals surface area contributed by atoms with Crippen LogP contribution in [-0.2, 0) is 18.3 Å². The van der Waals surface area contributed by atoms with Crippen LogP contribution in [0.25, 0.3) is 56.5 Å². The molecule has 0 bridgehead atoms. The molecule has 5 nitrogen and oxygen atoms in total. The molecule has 1 atom stereocenters. The zero-order chi connectivity index (χ0) is 61.5. The van der Waals surface area contributed by atoms with Crippen molar-refractivity contribution in [1.82, 2.24) is 9.13 Å². The summed E-state index contributed by atoms with van der Waals surface area (Å²) in [5.41, 5.74) is 34.1. The van der Waals surface area contributed by atoms with E-state index in [9.17, 15) is 0 Å². The van der Waals surface area contributed by atoms with Gasteiger partial charge >= 0.3 is 0 Å². The van der Waals surface area contributed by atoms with Crippen LogP contribution in [0, 0.1) is 0 Å². The summed E-state index contributed by atoms with van der Waals surface area (Å²) in [5.74, 6) is 0. The van der Waals surface area contributed by atoms with E-state index in [1.807, 2.05) is 0 Å². The monoisotopic (exact) mass is 1190 g/mol. The van der Waals surface area contributed by atoms with E-state index in [4.69, 9.17) is 0 Å². The van der Waals surface area contributed by atoms with Crippen molar-refractivity contribution >= 4 is 108 Å². The van der Waals surface area contributed by atoms with Gasteiger partial charge in [-0.05, 0) is 191 Å². The number of para-hydroxylation sites is 5. The highest BCUT2D eigenvalue weighted by Gasteiger charge is 2.56. The third-order valence-corrected chi connectivity index (χ3v) is 20.9. The van der Waals surface area contributed by atoms with Crippen LogP contribution in [0.3, 0.4) is 0 Å². The van der Waals surface area contributed by atoms with Crippen molar-refractivity contribution in [3.8, 4) is 22.5 Å². The fourth-order valence-corrected chi connectivity index (χ4v) is 17.5. The van der Waals surface area contributed by atoms with Crippen LogP contribution < -0.4 is 31.1 Å². The first kappa shape index (κ1) is 53.5. The van der Waals surface area contributed by atoms with Crippen molar-refractivity contribution in [2.75, 3.05) is 14.7 Å². The molecule has 2 aromatic heterocycles. The Bertz CT molecular complexity index is 5400. The summed E-state index contributed by atoms with van der Waals surface area (Å²) in [7, 11) is 0. The average Bonchev–Trinajstić information content (AvgIpc) is 1.60. The fraction of sp³-hybridized carbons (Fsp3) is 0.0805. The minimum atomic E-state index is -0.488. The first-order valence-corrected chi connectivity index (χ1v) is 33.0. The average molecular weight is 1190 g/mol. The number of nitrogens with zero attached hydrogens (tertiary/aromatic N) is 5. The van der Waals surface area contributed by atoms with Crippen molar-refractivity contribution in [3.05, 3.63) is 347 Å². The highest BCUT2D eigenvalue weighted by atomic mass is 15.2. The molecule has 0 amide bonds. The lowest BCUT2D eigenvalue weighted by atomic mass is 9.33. The predicted molar refractivity (Wildman–Crippen MR) is 392 cm³/mol. The van der Waals surface area contributed by atoms with E-state index < -0.39 is 5.41 Å². The Labute approximate surface area is 543 Å². The maximum Gasteiger partial charge on any atom is 0.252 e. The molecule has 12 aromatic rings.